The van der Waals surface area contributed by atoms with Crippen molar-refractivity contribution in [2.24, 2.45) is 5.92 Å². The van der Waals surface area contributed by atoms with Crippen LogP contribution in [-0.2, 0) is 4.79 Å². The summed E-state index contributed by atoms with van der Waals surface area (Å²) in [5, 5.41) is 20.5. The highest BCUT2D eigenvalue weighted by atomic mass is 35.5. The molecule has 3 aliphatic rings. The second kappa shape index (κ2) is 9.28. The Kier molecular flexibility index (Phi) is 6.32. The lowest BCUT2D eigenvalue weighted by molar-refractivity contribution is -0.141. The Labute approximate surface area is 213 Å². The molecular weight excluding hydrogens is 491 g/mol. The number of aliphatic carboxylic acids is 1. The van der Waals surface area contributed by atoms with E-state index >= 15 is 0 Å². The van der Waals surface area contributed by atoms with Crippen molar-refractivity contribution >= 4 is 46.5 Å². The van der Waals surface area contributed by atoms with Crippen molar-refractivity contribution < 1.29 is 24.5 Å². The Bertz CT molecular complexity index is 1180. The van der Waals surface area contributed by atoms with Crippen LogP contribution in [0.5, 0.6) is 5.75 Å². The number of aryl methyl sites for hydroxylation is 1. The maximum Gasteiger partial charge on any atom is 0.408 e. The lowest BCUT2D eigenvalue weighted by Gasteiger charge is -2.36. The summed E-state index contributed by atoms with van der Waals surface area (Å²) in [4.78, 5) is 27.3. The van der Waals surface area contributed by atoms with Crippen molar-refractivity contribution in [2.45, 2.75) is 44.4 Å². The van der Waals surface area contributed by atoms with Gasteiger partial charge < -0.3 is 19.8 Å². The van der Waals surface area contributed by atoms with Gasteiger partial charge in [0.2, 0.25) is 0 Å². The second-order valence-corrected chi connectivity index (χ2v) is 10.2. The van der Waals surface area contributed by atoms with E-state index in [1.807, 2.05) is 49.4 Å². The smallest absolute Gasteiger partial charge is 0.408 e. The van der Waals surface area contributed by atoms with E-state index in [0.717, 1.165) is 29.8 Å². The molecule has 35 heavy (non-hydrogen) atoms. The largest absolute Gasteiger partial charge is 0.485 e. The quantitative estimate of drug-likeness (QED) is 0.539. The minimum atomic E-state index is -1.06. The molecule has 0 saturated carbocycles. The fourth-order valence-electron chi connectivity index (χ4n) is 5.62. The molecule has 184 valence electrons. The summed E-state index contributed by atoms with van der Waals surface area (Å²) in [5.74, 6) is -1.36. The number of rotatable bonds is 5. The van der Waals surface area contributed by atoms with Gasteiger partial charge in [0.25, 0.3) is 0 Å². The van der Waals surface area contributed by atoms with E-state index in [1.165, 1.54) is 4.90 Å². The Hall–Kier alpha value is -2.90. The van der Waals surface area contributed by atoms with E-state index in [0.29, 0.717) is 40.8 Å². The molecule has 4 atom stereocenters. The summed E-state index contributed by atoms with van der Waals surface area (Å²) in [7, 11) is 0. The number of carboxylic acid groups (broad SMARTS) is 2. The van der Waals surface area contributed by atoms with Gasteiger partial charge in [-0.2, -0.15) is 0 Å². The van der Waals surface area contributed by atoms with Crippen LogP contribution >= 0.6 is 23.2 Å². The molecule has 2 N–H and O–H groups in total. The van der Waals surface area contributed by atoms with Crippen molar-refractivity contribution in [3.05, 3.63) is 63.6 Å². The summed E-state index contributed by atoms with van der Waals surface area (Å²) in [6, 6.07) is 10.7. The van der Waals surface area contributed by atoms with Crippen LogP contribution in [0.4, 0.5) is 10.5 Å². The first-order valence-electron chi connectivity index (χ1n) is 11.7. The third kappa shape index (κ3) is 4.43. The minimum absolute atomic E-state index is 0.0533. The minimum Gasteiger partial charge on any atom is -0.485 e. The number of anilines is 1. The van der Waals surface area contributed by atoms with Crippen molar-refractivity contribution in [1.82, 2.24) is 4.90 Å². The molecule has 2 aromatic rings. The number of halogens is 2. The van der Waals surface area contributed by atoms with Crippen molar-refractivity contribution in [3.63, 3.8) is 0 Å². The van der Waals surface area contributed by atoms with Gasteiger partial charge in [0.05, 0.1) is 28.7 Å². The number of hydrogen-bond donors (Lipinski definition) is 2. The third-order valence-electron chi connectivity index (χ3n) is 7.19. The molecule has 1 amide bonds. The molecule has 3 aliphatic heterocycles. The van der Waals surface area contributed by atoms with Gasteiger partial charge in [-0.15, -0.1) is 0 Å². The highest BCUT2D eigenvalue weighted by Gasteiger charge is 2.48. The van der Waals surface area contributed by atoms with Gasteiger partial charge in [0, 0.05) is 18.7 Å². The van der Waals surface area contributed by atoms with Gasteiger partial charge in [0.1, 0.15) is 12.0 Å². The SMILES string of the molecule is Cc1cc(Cl)c(O[C@@H]2CCN(c3ccc(C4=C[C@H]5CC[C@@H](C4C(=O)O)N5C(=O)O)cc3)C2)c(Cl)c1. The molecule has 7 nitrogen and oxygen atoms in total. The molecule has 5 rings (SSSR count). The zero-order valence-corrected chi connectivity index (χ0v) is 20.7. The Morgan fingerprint density at radius 3 is 2.34 bits per heavy atom. The molecule has 2 fully saturated rings. The molecule has 0 spiro atoms. The first-order valence-corrected chi connectivity index (χ1v) is 12.4. The van der Waals surface area contributed by atoms with Crippen LogP contribution in [0.1, 0.15) is 30.4 Å². The maximum atomic E-state index is 12.1. The third-order valence-corrected chi connectivity index (χ3v) is 7.75. The first-order chi connectivity index (χ1) is 16.7. The fourth-order valence-corrected chi connectivity index (χ4v) is 6.31. The number of hydrogen-bond acceptors (Lipinski definition) is 4. The summed E-state index contributed by atoms with van der Waals surface area (Å²) in [6.45, 7) is 3.42. The number of amides is 1. The lowest BCUT2D eigenvalue weighted by atomic mass is 9.84. The predicted octanol–water partition coefficient (Wildman–Crippen LogP) is 5.57. The van der Waals surface area contributed by atoms with E-state index in [1.54, 1.807) is 0 Å². The topological polar surface area (TPSA) is 90.3 Å². The van der Waals surface area contributed by atoms with Crippen molar-refractivity contribution in [2.75, 3.05) is 18.0 Å². The molecule has 0 aliphatic carbocycles. The van der Waals surface area contributed by atoms with Crippen LogP contribution in [0, 0.1) is 12.8 Å². The number of benzene rings is 2. The van der Waals surface area contributed by atoms with Crippen LogP contribution in [0.25, 0.3) is 5.57 Å². The number of carboxylic acids is 1. The number of nitrogens with zero attached hydrogens (tertiary/aromatic N) is 2. The maximum absolute atomic E-state index is 12.1. The summed E-state index contributed by atoms with van der Waals surface area (Å²) < 4.78 is 6.13. The molecule has 2 bridgehead atoms. The van der Waals surface area contributed by atoms with Crippen molar-refractivity contribution in [1.29, 1.82) is 0 Å². The van der Waals surface area contributed by atoms with E-state index in [4.69, 9.17) is 27.9 Å². The number of ether oxygens (including phenoxy) is 1. The molecule has 2 aromatic carbocycles. The van der Waals surface area contributed by atoms with E-state index < -0.39 is 24.0 Å². The van der Waals surface area contributed by atoms with Crippen LogP contribution in [-0.4, -0.2) is 58.5 Å². The van der Waals surface area contributed by atoms with Gasteiger partial charge >= 0.3 is 12.1 Å². The molecule has 1 unspecified atom stereocenters. The standard InChI is InChI=1S/C26H26Cl2N2O5/c1-14-10-20(27)24(21(28)11-14)35-18-8-9-29(13-18)16-4-2-15(3-5-16)19-12-17-6-7-22(23(19)25(31)32)30(17)26(33)34/h2-5,10-12,17-18,22-23H,6-9,13H2,1H3,(H,31,32)(H,33,34)/t17-,18-,22+,23?/m1/s1. The molecule has 3 heterocycles. The number of fused-ring (bicyclic) bond motifs is 2. The highest BCUT2D eigenvalue weighted by molar-refractivity contribution is 6.37. The summed E-state index contributed by atoms with van der Waals surface area (Å²) in [5.41, 5.74) is 3.50. The number of carbonyl (C=O) groups is 2. The van der Waals surface area contributed by atoms with Gasteiger partial charge in [-0.25, -0.2) is 4.79 Å². The zero-order chi connectivity index (χ0) is 24.9. The molecule has 0 aromatic heterocycles. The summed E-state index contributed by atoms with van der Waals surface area (Å²) >= 11 is 12.7. The van der Waals surface area contributed by atoms with Gasteiger partial charge in [-0.3, -0.25) is 9.69 Å². The second-order valence-electron chi connectivity index (χ2n) is 9.42. The average molecular weight is 517 g/mol. The summed E-state index contributed by atoms with van der Waals surface area (Å²) in [6.07, 6.45) is 2.72. The van der Waals surface area contributed by atoms with Crippen LogP contribution in [0.15, 0.2) is 42.5 Å². The first kappa shape index (κ1) is 23.8. The molecule has 2 saturated heterocycles. The molecule has 0 radical (unpaired) electrons. The highest BCUT2D eigenvalue weighted by Crippen LogP contribution is 2.43. The van der Waals surface area contributed by atoms with Gasteiger partial charge in [-0.05, 0) is 60.7 Å². The van der Waals surface area contributed by atoms with E-state index in [2.05, 4.69) is 4.90 Å². The van der Waals surface area contributed by atoms with Gasteiger partial charge in [-0.1, -0.05) is 41.4 Å². The Morgan fingerprint density at radius 1 is 1.03 bits per heavy atom. The van der Waals surface area contributed by atoms with Gasteiger partial charge in [0.15, 0.2) is 5.75 Å². The van der Waals surface area contributed by atoms with Crippen molar-refractivity contribution in [3.8, 4) is 5.75 Å². The monoisotopic (exact) mass is 516 g/mol. The normalized spacial score (nSPS) is 25.5. The molecular formula is C26H26Cl2N2O5. The Balaban J connectivity index is 1.31. The van der Waals surface area contributed by atoms with E-state index in [-0.39, 0.29) is 12.1 Å². The Morgan fingerprint density at radius 2 is 1.71 bits per heavy atom. The van der Waals surface area contributed by atoms with E-state index in [9.17, 15) is 19.8 Å². The zero-order valence-electron chi connectivity index (χ0n) is 19.2. The lowest BCUT2D eigenvalue weighted by Crippen LogP contribution is -2.48. The predicted molar refractivity (Wildman–Crippen MR) is 135 cm³/mol. The van der Waals surface area contributed by atoms with Crippen LogP contribution < -0.4 is 9.64 Å². The van der Waals surface area contributed by atoms with Crippen LogP contribution in [0.2, 0.25) is 10.0 Å². The average Bonchev–Trinajstić information content (AvgIpc) is 3.39. The van der Waals surface area contributed by atoms with Crippen LogP contribution in [0.3, 0.4) is 0 Å². The fraction of sp³-hybridized carbons (Fsp3) is 0.385. The molecule has 9 heteroatoms.